The lowest BCUT2D eigenvalue weighted by Crippen LogP contribution is -2.19. The topological polar surface area (TPSA) is 50.3 Å². The van der Waals surface area contributed by atoms with Gasteiger partial charge in [0.2, 0.25) is 0 Å². The van der Waals surface area contributed by atoms with E-state index in [0.717, 1.165) is 18.0 Å². The number of methoxy groups -OCH3 is 1. The maximum atomic E-state index is 6.18. The van der Waals surface area contributed by atoms with E-state index in [-0.39, 0.29) is 0 Å². The van der Waals surface area contributed by atoms with Crippen LogP contribution in [-0.4, -0.2) is 29.0 Å². The highest BCUT2D eigenvalue weighted by molar-refractivity contribution is 6.29. The Hall–Kier alpha value is -2.63. The Morgan fingerprint density at radius 2 is 1.73 bits per heavy atom. The third kappa shape index (κ3) is 5.18. The van der Waals surface area contributed by atoms with Crippen molar-refractivity contribution in [2.75, 3.05) is 19.5 Å². The van der Waals surface area contributed by atoms with Gasteiger partial charge in [-0.25, -0.2) is 9.97 Å². The average Bonchev–Trinajstić information content (AvgIpc) is 2.62. The lowest BCUT2D eigenvalue weighted by Gasteiger charge is -2.16. The van der Waals surface area contributed by atoms with Crippen LogP contribution in [0.1, 0.15) is 11.4 Å². The van der Waals surface area contributed by atoms with Crippen molar-refractivity contribution in [3.05, 3.63) is 77.2 Å². The molecule has 6 heteroatoms. The van der Waals surface area contributed by atoms with Crippen molar-refractivity contribution in [1.82, 2.24) is 14.9 Å². The van der Waals surface area contributed by atoms with Crippen molar-refractivity contribution in [3.8, 4) is 5.75 Å². The second-order valence-corrected chi connectivity index (χ2v) is 6.39. The summed E-state index contributed by atoms with van der Waals surface area (Å²) in [5.41, 5.74) is 2.15. The molecule has 2 aromatic carbocycles. The second kappa shape index (κ2) is 8.65. The Morgan fingerprint density at radius 1 is 1.00 bits per heavy atom. The van der Waals surface area contributed by atoms with E-state index in [1.807, 2.05) is 49.5 Å². The van der Waals surface area contributed by atoms with Crippen LogP contribution in [0.4, 0.5) is 11.5 Å². The van der Waals surface area contributed by atoms with Crippen LogP contribution in [0.2, 0.25) is 5.15 Å². The lowest BCUT2D eigenvalue weighted by atomic mass is 10.2. The number of nitrogens with zero attached hydrogens (tertiary/aromatic N) is 3. The molecule has 5 nitrogen and oxygen atoms in total. The minimum absolute atomic E-state index is 0.416. The fraction of sp³-hybridized carbons (Fsp3) is 0.200. The molecule has 3 aromatic rings. The minimum Gasteiger partial charge on any atom is -0.497 e. The van der Waals surface area contributed by atoms with Gasteiger partial charge in [0.25, 0.3) is 0 Å². The standard InChI is InChI=1S/C20H21ClN4O/c1-25(13-15-6-4-3-5-7-15)14-20-23-18(21)12-19(24-20)22-16-8-10-17(26-2)11-9-16/h3-12H,13-14H2,1-2H3,(H,22,23,24). The van der Waals surface area contributed by atoms with Crippen LogP contribution in [0.25, 0.3) is 0 Å². The Kier molecular flexibility index (Phi) is 6.04. The fourth-order valence-corrected chi connectivity index (χ4v) is 2.82. The van der Waals surface area contributed by atoms with Crippen LogP contribution in [0, 0.1) is 0 Å². The van der Waals surface area contributed by atoms with E-state index in [9.17, 15) is 0 Å². The van der Waals surface area contributed by atoms with Crippen molar-refractivity contribution >= 4 is 23.1 Å². The molecule has 0 fully saturated rings. The number of benzene rings is 2. The highest BCUT2D eigenvalue weighted by Crippen LogP contribution is 2.20. The lowest BCUT2D eigenvalue weighted by molar-refractivity contribution is 0.311. The largest absolute Gasteiger partial charge is 0.497 e. The quantitative estimate of drug-likeness (QED) is 0.621. The molecule has 134 valence electrons. The van der Waals surface area contributed by atoms with E-state index < -0.39 is 0 Å². The van der Waals surface area contributed by atoms with Crippen molar-refractivity contribution in [2.24, 2.45) is 0 Å². The predicted octanol–water partition coefficient (Wildman–Crippen LogP) is 4.51. The second-order valence-electron chi connectivity index (χ2n) is 6.00. The molecule has 0 spiro atoms. The van der Waals surface area contributed by atoms with Gasteiger partial charge in [-0.3, -0.25) is 4.90 Å². The first-order valence-corrected chi connectivity index (χ1v) is 8.67. The molecule has 26 heavy (non-hydrogen) atoms. The fourth-order valence-electron chi connectivity index (χ4n) is 2.61. The molecule has 0 bridgehead atoms. The summed E-state index contributed by atoms with van der Waals surface area (Å²) in [6.07, 6.45) is 0. The van der Waals surface area contributed by atoms with Gasteiger partial charge in [-0.2, -0.15) is 0 Å². The van der Waals surface area contributed by atoms with Gasteiger partial charge in [-0.15, -0.1) is 0 Å². The molecular weight excluding hydrogens is 348 g/mol. The Balaban J connectivity index is 1.68. The molecule has 0 radical (unpaired) electrons. The van der Waals surface area contributed by atoms with E-state index in [0.29, 0.717) is 23.3 Å². The van der Waals surface area contributed by atoms with Crippen LogP contribution >= 0.6 is 11.6 Å². The maximum Gasteiger partial charge on any atom is 0.146 e. The van der Waals surface area contributed by atoms with Gasteiger partial charge in [0, 0.05) is 18.3 Å². The van der Waals surface area contributed by atoms with Crippen LogP contribution in [0.3, 0.4) is 0 Å². The van der Waals surface area contributed by atoms with Crippen LogP contribution in [-0.2, 0) is 13.1 Å². The van der Waals surface area contributed by atoms with Gasteiger partial charge in [-0.1, -0.05) is 41.9 Å². The molecule has 0 saturated carbocycles. The normalized spacial score (nSPS) is 10.8. The summed E-state index contributed by atoms with van der Waals surface area (Å²) in [5, 5.41) is 3.67. The van der Waals surface area contributed by atoms with E-state index in [1.54, 1.807) is 13.2 Å². The molecule has 0 atom stereocenters. The average molecular weight is 369 g/mol. The van der Waals surface area contributed by atoms with Crippen LogP contribution in [0.5, 0.6) is 5.75 Å². The molecule has 0 saturated heterocycles. The molecule has 3 rings (SSSR count). The number of nitrogens with one attached hydrogen (secondary N) is 1. The highest BCUT2D eigenvalue weighted by atomic mass is 35.5. The molecule has 0 aliphatic rings. The van der Waals surface area contributed by atoms with Gasteiger partial charge >= 0.3 is 0 Å². The minimum atomic E-state index is 0.416. The summed E-state index contributed by atoms with van der Waals surface area (Å²) in [6.45, 7) is 1.42. The first-order chi connectivity index (χ1) is 12.6. The third-order valence-electron chi connectivity index (χ3n) is 3.81. The first-order valence-electron chi connectivity index (χ1n) is 8.29. The van der Waals surface area contributed by atoms with Crippen LogP contribution in [0.15, 0.2) is 60.7 Å². The van der Waals surface area contributed by atoms with Crippen molar-refractivity contribution in [3.63, 3.8) is 0 Å². The summed E-state index contributed by atoms with van der Waals surface area (Å²) in [4.78, 5) is 11.1. The smallest absolute Gasteiger partial charge is 0.146 e. The zero-order chi connectivity index (χ0) is 18.4. The number of halogens is 1. The summed E-state index contributed by atoms with van der Waals surface area (Å²) >= 11 is 6.18. The van der Waals surface area contributed by atoms with Gasteiger partial charge in [0.15, 0.2) is 0 Å². The van der Waals surface area contributed by atoms with Gasteiger partial charge in [0.05, 0.1) is 13.7 Å². The highest BCUT2D eigenvalue weighted by Gasteiger charge is 2.08. The molecule has 0 unspecified atom stereocenters. The summed E-state index contributed by atoms with van der Waals surface area (Å²) < 4.78 is 5.17. The monoisotopic (exact) mass is 368 g/mol. The zero-order valence-electron chi connectivity index (χ0n) is 14.8. The van der Waals surface area contributed by atoms with Gasteiger partial charge in [-0.05, 0) is 36.9 Å². The molecule has 0 aliphatic heterocycles. The summed E-state index contributed by atoms with van der Waals surface area (Å²) in [7, 11) is 3.68. The SMILES string of the molecule is COc1ccc(Nc2cc(Cl)nc(CN(C)Cc3ccccc3)n2)cc1. The van der Waals surface area contributed by atoms with E-state index in [1.165, 1.54) is 5.56 Å². The number of anilines is 2. The van der Waals surface area contributed by atoms with Gasteiger partial charge in [0.1, 0.15) is 22.5 Å². The van der Waals surface area contributed by atoms with Crippen molar-refractivity contribution in [1.29, 1.82) is 0 Å². The van der Waals surface area contributed by atoms with Crippen molar-refractivity contribution in [2.45, 2.75) is 13.1 Å². The molecular formula is C20H21ClN4O. The predicted molar refractivity (Wildman–Crippen MR) is 105 cm³/mol. The Bertz CT molecular complexity index is 840. The first kappa shape index (κ1) is 18.2. The van der Waals surface area contributed by atoms with E-state index >= 15 is 0 Å². The molecule has 1 heterocycles. The number of hydrogen-bond donors (Lipinski definition) is 1. The van der Waals surface area contributed by atoms with E-state index in [4.69, 9.17) is 16.3 Å². The number of ether oxygens (including phenoxy) is 1. The molecule has 0 amide bonds. The van der Waals surface area contributed by atoms with Gasteiger partial charge < -0.3 is 10.1 Å². The van der Waals surface area contributed by atoms with E-state index in [2.05, 4.69) is 32.3 Å². The third-order valence-corrected chi connectivity index (χ3v) is 4.00. The molecule has 1 N–H and O–H groups in total. The maximum absolute atomic E-state index is 6.18. The Morgan fingerprint density at radius 3 is 2.42 bits per heavy atom. The molecule has 1 aromatic heterocycles. The zero-order valence-corrected chi connectivity index (χ0v) is 15.6. The number of rotatable bonds is 7. The molecule has 0 aliphatic carbocycles. The Labute approximate surface area is 158 Å². The number of aromatic nitrogens is 2. The van der Waals surface area contributed by atoms with Crippen LogP contribution < -0.4 is 10.1 Å². The number of hydrogen-bond acceptors (Lipinski definition) is 5. The summed E-state index contributed by atoms with van der Waals surface area (Å²) in [6, 6.07) is 19.6. The van der Waals surface area contributed by atoms with Crippen molar-refractivity contribution < 1.29 is 4.74 Å². The summed E-state index contributed by atoms with van der Waals surface area (Å²) in [5.74, 6) is 2.14.